The van der Waals surface area contributed by atoms with Gasteiger partial charge in [0.2, 0.25) is 5.95 Å². The SMILES string of the molecule is C#Cc1ccnc(N[C@@H]2CCNC2)n1. The first-order valence-electron chi connectivity index (χ1n) is 4.65. The zero-order chi connectivity index (χ0) is 9.80. The van der Waals surface area contributed by atoms with Crippen LogP contribution in [0.1, 0.15) is 12.1 Å². The van der Waals surface area contributed by atoms with Crippen LogP contribution < -0.4 is 10.6 Å². The van der Waals surface area contributed by atoms with Gasteiger partial charge in [-0.15, -0.1) is 6.42 Å². The number of nitrogens with zero attached hydrogens (tertiary/aromatic N) is 2. The fourth-order valence-corrected chi connectivity index (χ4v) is 1.47. The normalized spacial score (nSPS) is 20.4. The monoisotopic (exact) mass is 188 g/mol. The lowest BCUT2D eigenvalue weighted by Gasteiger charge is -2.10. The summed E-state index contributed by atoms with van der Waals surface area (Å²) in [6.45, 7) is 2.01. The van der Waals surface area contributed by atoms with Gasteiger partial charge in [0, 0.05) is 18.8 Å². The van der Waals surface area contributed by atoms with E-state index in [1.54, 1.807) is 12.3 Å². The van der Waals surface area contributed by atoms with Crippen LogP contribution in [-0.4, -0.2) is 29.1 Å². The first-order chi connectivity index (χ1) is 6.88. The van der Waals surface area contributed by atoms with Gasteiger partial charge in [-0.3, -0.25) is 0 Å². The van der Waals surface area contributed by atoms with Crippen molar-refractivity contribution >= 4 is 5.95 Å². The number of nitrogens with one attached hydrogen (secondary N) is 2. The van der Waals surface area contributed by atoms with E-state index in [4.69, 9.17) is 6.42 Å². The molecule has 0 unspecified atom stereocenters. The summed E-state index contributed by atoms with van der Waals surface area (Å²) in [7, 11) is 0. The summed E-state index contributed by atoms with van der Waals surface area (Å²) in [5.41, 5.74) is 0.619. The third-order valence-corrected chi connectivity index (χ3v) is 2.20. The number of rotatable bonds is 2. The number of anilines is 1. The molecule has 2 rings (SSSR count). The molecule has 1 fully saturated rings. The highest BCUT2D eigenvalue weighted by atomic mass is 15.1. The Hall–Kier alpha value is -1.60. The molecule has 4 heteroatoms. The average molecular weight is 188 g/mol. The topological polar surface area (TPSA) is 49.8 Å². The standard InChI is InChI=1S/C10H12N4/c1-2-8-4-6-12-10(13-8)14-9-3-5-11-7-9/h1,4,6,9,11H,3,5,7H2,(H,12,13,14)/t9-/m1/s1. The Morgan fingerprint density at radius 3 is 3.29 bits per heavy atom. The van der Waals surface area contributed by atoms with E-state index in [1.807, 2.05) is 0 Å². The summed E-state index contributed by atoms with van der Waals surface area (Å²) in [5, 5.41) is 6.50. The van der Waals surface area contributed by atoms with Gasteiger partial charge in [0.05, 0.1) is 0 Å². The van der Waals surface area contributed by atoms with Gasteiger partial charge in [-0.25, -0.2) is 9.97 Å². The molecule has 72 valence electrons. The highest BCUT2D eigenvalue weighted by Gasteiger charge is 2.14. The van der Waals surface area contributed by atoms with E-state index in [1.165, 1.54) is 0 Å². The molecule has 1 aromatic rings. The second-order valence-electron chi connectivity index (χ2n) is 3.24. The van der Waals surface area contributed by atoms with E-state index in [9.17, 15) is 0 Å². The first-order valence-corrected chi connectivity index (χ1v) is 4.65. The van der Waals surface area contributed by atoms with E-state index in [2.05, 4.69) is 26.5 Å². The van der Waals surface area contributed by atoms with E-state index in [0.717, 1.165) is 19.5 Å². The molecule has 0 aliphatic carbocycles. The van der Waals surface area contributed by atoms with Gasteiger partial charge in [0.25, 0.3) is 0 Å². The summed E-state index contributed by atoms with van der Waals surface area (Å²) in [6.07, 6.45) is 8.02. The largest absolute Gasteiger partial charge is 0.350 e. The van der Waals surface area contributed by atoms with Crippen LogP contribution in [0.3, 0.4) is 0 Å². The van der Waals surface area contributed by atoms with Crippen LogP contribution in [0, 0.1) is 12.3 Å². The molecule has 0 amide bonds. The third-order valence-electron chi connectivity index (χ3n) is 2.20. The molecule has 1 aromatic heterocycles. The highest BCUT2D eigenvalue weighted by molar-refractivity contribution is 5.32. The molecule has 0 bridgehead atoms. The van der Waals surface area contributed by atoms with Gasteiger partial charge in [0.1, 0.15) is 5.69 Å². The third kappa shape index (κ3) is 2.01. The van der Waals surface area contributed by atoms with E-state index < -0.39 is 0 Å². The van der Waals surface area contributed by atoms with Gasteiger partial charge >= 0.3 is 0 Å². The van der Waals surface area contributed by atoms with Crippen molar-refractivity contribution in [1.29, 1.82) is 0 Å². The Morgan fingerprint density at radius 2 is 2.57 bits per heavy atom. The Labute approximate surface area is 83.2 Å². The van der Waals surface area contributed by atoms with Crippen molar-refractivity contribution < 1.29 is 0 Å². The van der Waals surface area contributed by atoms with Crippen LogP contribution in [0.2, 0.25) is 0 Å². The molecule has 1 aliphatic heterocycles. The molecular weight excluding hydrogens is 176 g/mol. The second-order valence-corrected chi connectivity index (χ2v) is 3.24. The maximum Gasteiger partial charge on any atom is 0.224 e. The Bertz CT molecular complexity index is 349. The highest BCUT2D eigenvalue weighted by Crippen LogP contribution is 2.06. The Morgan fingerprint density at radius 1 is 1.64 bits per heavy atom. The number of aromatic nitrogens is 2. The van der Waals surface area contributed by atoms with Crippen molar-refractivity contribution in [2.75, 3.05) is 18.4 Å². The van der Waals surface area contributed by atoms with Crippen molar-refractivity contribution in [1.82, 2.24) is 15.3 Å². The molecule has 2 N–H and O–H groups in total. The van der Waals surface area contributed by atoms with Gasteiger partial charge in [-0.1, -0.05) is 5.92 Å². The van der Waals surface area contributed by atoms with Crippen LogP contribution in [0.25, 0.3) is 0 Å². The second kappa shape index (κ2) is 4.07. The molecule has 4 nitrogen and oxygen atoms in total. The number of hydrogen-bond acceptors (Lipinski definition) is 4. The summed E-state index contributed by atoms with van der Waals surface area (Å²) in [4.78, 5) is 8.27. The molecule has 14 heavy (non-hydrogen) atoms. The maximum absolute atomic E-state index is 5.25. The lowest BCUT2D eigenvalue weighted by atomic mass is 10.3. The molecule has 0 aromatic carbocycles. The van der Waals surface area contributed by atoms with E-state index >= 15 is 0 Å². The molecule has 1 saturated heterocycles. The van der Waals surface area contributed by atoms with Crippen molar-refractivity contribution in [2.24, 2.45) is 0 Å². The lowest BCUT2D eigenvalue weighted by molar-refractivity contribution is 0.780. The minimum Gasteiger partial charge on any atom is -0.350 e. The summed E-state index contributed by atoms with van der Waals surface area (Å²) < 4.78 is 0. The van der Waals surface area contributed by atoms with Gasteiger partial charge < -0.3 is 10.6 Å². The fraction of sp³-hybridized carbons (Fsp3) is 0.400. The zero-order valence-corrected chi connectivity index (χ0v) is 7.83. The minimum absolute atomic E-state index is 0.419. The van der Waals surface area contributed by atoms with E-state index in [0.29, 0.717) is 17.7 Å². The van der Waals surface area contributed by atoms with Crippen LogP contribution in [0.4, 0.5) is 5.95 Å². The van der Waals surface area contributed by atoms with E-state index in [-0.39, 0.29) is 0 Å². The lowest BCUT2D eigenvalue weighted by Crippen LogP contribution is -2.23. The molecular formula is C10H12N4. The van der Waals surface area contributed by atoms with Gasteiger partial charge in [0.15, 0.2) is 0 Å². The quantitative estimate of drug-likeness (QED) is 0.652. The van der Waals surface area contributed by atoms with Crippen LogP contribution in [0.5, 0.6) is 0 Å². The minimum atomic E-state index is 0.419. The molecule has 1 atom stereocenters. The predicted molar refractivity (Wildman–Crippen MR) is 54.9 cm³/mol. The Balaban J connectivity index is 2.05. The van der Waals surface area contributed by atoms with Gasteiger partial charge in [-0.05, 0) is 19.0 Å². The van der Waals surface area contributed by atoms with Crippen molar-refractivity contribution in [3.8, 4) is 12.3 Å². The summed E-state index contributed by atoms with van der Waals surface area (Å²) in [6, 6.07) is 2.14. The molecule has 0 radical (unpaired) electrons. The van der Waals surface area contributed by atoms with Crippen LogP contribution in [-0.2, 0) is 0 Å². The molecule has 2 heterocycles. The first kappa shape index (κ1) is 8.97. The Kier molecular flexibility index (Phi) is 2.61. The maximum atomic E-state index is 5.25. The summed E-state index contributed by atoms with van der Waals surface area (Å²) >= 11 is 0. The summed E-state index contributed by atoms with van der Waals surface area (Å²) in [5.74, 6) is 3.11. The average Bonchev–Trinajstić information content (AvgIpc) is 2.71. The van der Waals surface area contributed by atoms with Crippen molar-refractivity contribution in [3.63, 3.8) is 0 Å². The zero-order valence-electron chi connectivity index (χ0n) is 7.83. The molecule has 0 spiro atoms. The van der Waals surface area contributed by atoms with Crippen LogP contribution in [0.15, 0.2) is 12.3 Å². The van der Waals surface area contributed by atoms with Gasteiger partial charge in [-0.2, -0.15) is 0 Å². The predicted octanol–water partition coefficient (Wildman–Crippen LogP) is 0.232. The van der Waals surface area contributed by atoms with Crippen molar-refractivity contribution in [3.05, 3.63) is 18.0 Å². The molecule has 1 aliphatic rings. The smallest absolute Gasteiger partial charge is 0.224 e. The number of terminal acetylenes is 1. The molecule has 0 saturated carbocycles. The number of hydrogen-bond donors (Lipinski definition) is 2. The fourth-order valence-electron chi connectivity index (χ4n) is 1.47. The van der Waals surface area contributed by atoms with Crippen LogP contribution >= 0.6 is 0 Å². The van der Waals surface area contributed by atoms with Crippen molar-refractivity contribution in [2.45, 2.75) is 12.5 Å².